The Morgan fingerprint density at radius 2 is 2.00 bits per heavy atom. The van der Waals surface area contributed by atoms with Gasteiger partial charge < -0.3 is 15.8 Å². The molecule has 0 spiro atoms. The molecule has 0 aliphatic rings. The van der Waals surface area contributed by atoms with Gasteiger partial charge in [0, 0.05) is 12.2 Å². The summed E-state index contributed by atoms with van der Waals surface area (Å²) in [4.78, 5) is 11.8. The van der Waals surface area contributed by atoms with Crippen molar-refractivity contribution in [2.24, 2.45) is 5.73 Å². The van der Waals surface area contributed by atoms with Crippen LogP contribution in [0.3, 0.4) is 0 Å². The van der Waals surface area contributed by atoms with Crippen molar-refractivity contribution in [1.29, 1.82) is 0 Å². The molecule has 0 unspecified atom stereocenters. The summed E-state index contributed by atoms with van der Waals surface area (Å²) < 4.78 is 5.49. The van der Waals surface area contributed by atoms with E-state index >= 15 is 0 Å². The van der Waals surface area contributed by atoms with Gasteiger partial charge in [0.2, 0.25) is 0 Å². The van der Waals surface area contributed by atoms with Gasteiger partial charge in [-0.25, -0.2) is 0 Å². The van der Waals surface area contributed by atoms with Crippen LogP contribution in [0.15, 0.2) is 48.5 Å². The predicted octanol–water partition coefficient (Wildman–Crippen LogP) is 2.47. The van der Waals surface area contributed by atoms with Gasteiger partial charge in [-0.15, -0.1) is 0 Å². The molecular weight excluding hydrogens is 252 g/mol. The highest BCUT2D eigenvalue weighted by Gasteiger charge is 2.05. The molecule has 4 nitrogen and oxygen atoms in total. The Morgan fingerprint density at radius 1 is 1.20 bits per heavy atom. The molecule has 4 heteroatoms. The molecule has 0 aromatic heterocycles. The van der Waals surface area contributed by atoms with Gasteiger partial charge in [-0.2, -0.15) is 0 Å². The average Bonchev–Trinajstić information content (AvgIpc) is 2.46. The summed E-state index contributed by atoms with van der Waals surface area (Å²) in [5.41, 5.74) is 8.27. The monoisotopic (exact) mass is 270 g/mol. The van der Waals surface area contributed by atoms with E-state index in [0.29, 0.717) is 6.54 Å². The molecule has 1 amide bonds. The lowest BCUT2D eigenvalue weighted by Crippen LogP contribution is -2.20. The summed E-state index contributed by atoms with van der Waals surface area (Å²) in [6.45, 7) is 2.37. The van der Waals surface area contributed by atoms with E-state index in [0.717, 1.165) is 22.6 Å². The SMILES string of the molecule is Cc1ccccc1OCC(=O)Nc1cccc(CN)c1. The second kappa shape index (κ2) is 6.73. The van der Waals surface area contributed by atoms with Crippen LogP contribution in [0.4, 0.5) is 5.69 Å². The Kier molecular flexibility index (Phi) is 4.74. The lowest BCUT2D eigenvalue weighted by molar-refractivity contribution is -0.118. The number of hydrogen-bond donors (Lipinski definition) is 2. The van der Waals surface area contributed by atoms with Crippen LogP contribution in [0.1, 0.15) is 11.1 Å². The van der Waals surface area contributed by atoms with Crippen molar-refractivity contribution in [3.63, 3.8) is 0 Å². The van der Waals surface area contributed by atoms with E-state index in [1.165, 1.54) is 0 Å². The molecule has 0 saturated carbocycles. The fraction of sp³-hybridized carbons (Fsp3) is 0.188. The van der Waals surface area contributed by atoms with Crippen molar-refractivity contribution < 1.29 is 9.53 Å². The van der Waals surface area contributed by atoms with Gasteiger partial charge in [-0.3, -0.25) is 4.79 Å². The van der Waals surface area contributed by atoms with E-state index in [1.807, 2.05) is 55.5 Å². The van der Waals surface area contributed by atoms with E-state index in [2.05, 4.69) is 5.32 Å². The number of ether oxygens (including phenoxy) is 1. The van der Waals surface area contributed by atoms with Crippen molar-refractivity contribution in [3.8, 4) is 5.75 Å². The molecule has 2 aromatic carbocycles. The molecule has 0 aliphatic carbocycles. The molecule has 0 heterocycles. The zero-order valence-corrected chi connectivity index (χ0v) is 11.4. The van der Waals surface area contributed by atoms with Crippen LogP contribution in [0.2, 0.25) is 0 Å². The molecule has 2 aromatic rings. The maximum absolute atomic E-state index is 11.8. The number of amides is 1. The maximum atomic E-state index is 11.8. The number of anilines is 1. The Hall–Kier alpha value is -2.33. The van der Waals surface area contributed by atoms with Gasteiger partial charge in [0.15, 0.2) is 6.61 Å². The summed E-state index contributed by atoms with van der Waals surface area (Å²) in [6, 6.07) is 15.1. The molecule has 2 rings (SSSR count). The van der Waals surface area contributed by atoms with Gasteiger partial charge in [0.1, 0.15) is 5.75 Å². The lowest BCUT2D eigenvalue weighted by atomic mass is 10.2. The quantitative estimate of drug-likeness (QED) is 0.877. The highest BCUT2D eigenvalue weighted by molar-refractivity contribution is 5.91. The molecule has 0 aliphatic heterocycles. The topological polar surface area (TPSA) is 64.3 Å². The molecule has 0 fully saturated rings. The van der Waals surface area contributed by atoms with Gasteiger partial charge in [-0.05, 0) is 36.2 Å². The minimum absolute atomic E-state index is 0.0162. The van der Waals surface area contributed by atoms with Gasteiger partial charge >= 0.3 is 0 Å². The van der Waals surface area contributed by atoms with E-state index in [1.54, 1.807) is 0 Å². The molecule has 0 saturated heterocycles. The number of para-hydroxylation sites is 1. The molecule has 3 N–H and O–H groups in total. The number of nitrogens with one attached hydrogen (secondary N) is 1. The maximum Gasteiger partial charge on any atom is 0.262 e. The Balaban J connectivity index is 1.91. The van der Waals surface area contributed by atoms with Crippen LogP contribution in [0.5, 0.6) is 5.75 Å². The summed E-state index contributed by atoms with van der Waals surface area (Å²) >= 11 is 0. The summed E-state index contributed by atoms with van der Waals surface area (Å²) in [5.74, 6) is 0.529. The lowest BCUT2D eigenvalue weighted by Gasteiger charge is -2.10. The number of carbonyl (C=O) groups excluding carboxylic acids is 1. The van der Waals surface area contributed by atoms with Crippen LogP contribution in [0, 0.1) is 6.92 Å². The summed E-state index contributed by atoms with van der Waals surface area (Å²) in [6.07, 6.45) is 0. The summed E-state index contributed by atoms with van der Waals surface area (Å²) in [5, 5.41) is 2.79. The number of nitrogens with two attached hydrogens (primary N) is 1. The third-order valence-corrected chi connectivity index (χ3v) is 2.90. The second-order valence-electron chi connectivity index (χ2n) is 4.51. The number of rotatable bonds is 5. The van der Waals surface area contributed by atoms with Crippen LogP contribution >= 0.6 is 0 Å². The van der Waals surface area contributed by atoms with E-state index < -0.39 is 0 Å². The molecule has 0 atom stereocenters. The number of benzene rings is 2. The molecule has 20 heavy (non-hydrogen) atoms. The third kappa shape index (κ3) is 3.83. The number of carbonyl (C=O) groups is 1. The number of hydrogen-bond acceptors (Lipinski definition) is 3. The van der Waals surface area contributed by atoms with Crippen LogP contribution in [0.25, 0.3) is 0 Å². The highest BCUT2D eigenvalue weighted by atomic mass is 16.5. The fourth-order valence-corrected chi connectivity index (χ4v) is 1.83. The third-order valence-electron chi connectivity index (χ3n) is 2.90. The smallest absolute Gasteiger partial charge is 0.262 e. The minimum atomic E-state index is -0.192. The molecular formula is C16H18N2O2. The first-order valence-corrected chi connectivity index (χ1v) is 6.46. The largest absolute Gasteiger partial charge is 0.483 e. The van der Waals surface area contributed by atoms with Gasteiger partial charge in [-0.1, -0.05) is 30.3 Å². The zero-order chi connectivity index (χ0) is 14.4. The normalized spacial score (nSPS) is 10.1. The van der Waals surface area contributed by atoms with Gasteiger partial charge in [0.25, 0.3) is 5.91 Å². The van der Waals surface area contributed by atoms with Crippen molar-refractivity contribution in [1.82, 2.24) is 0 Å². The molecule has 0 bridgehead atoms. The van der Waals surface area contributed by atoms with Crippen LogP contribution in [-0.4, -0.2) is 12.5 Å². The van der Waals surface area contributed by atoms with E-state index in [9.17, 15) is 4.79 Å². The van der Waals surface area contributed by atoms with Crippen LogP contribution < -0.4 is 15.8 Å². The number of aryl methyl sites for hydroxylation is 1. The van der Waals surface area contributed by atoms with E-state index in [-0.39, 0.29) is 12.5 Å². The summed E-state index contributed by atoms with van der Waals surface area (Å²) in [7, 11) is 0. The predicted molar refractivity (Wildman–Crippen MR) is 79.6 cm³/mol. The minimum Gasteiger partial charge on any atom is -0.483 e. The van der Waals surface area contributed by atoms with Crippen molar-refractivity contribution in [3.05, 3.63) is 59.7 Å². The van der Waals surface area contributed by atoms with Crippen molar-refractivity contribution in [2.45, 2.75) is 13.5 Å². The van der Waals surface area contributed by atoms with Crippen LogP contribution in [-0.2, 0) is 11.3 Å². The first-order chi connectivity index (χ1) is 9.69. The highest BCUT2D eigenvalue weighted by Crippen LogP contribution is 2.16. The van der Waals surface area contributed by atoms with Gasteiger partial charge in [0.05, 0.1) is 0 Å². The molecule has 0 radical (unpaired) electrons. The Bertz CT molecular complexity index is 597. The van der Waals surface area contributed by atoms with E-state index in [4.69, 9.17) is 10.5 Å². The second-order valence-corrected chi connectivity index (χ2v) is 4.51. The van der Waals surface area contributed by atoms with Crippen molar-refractivity contribution in [2.75, 3.05) is 11.9 Å². The Morgan fingerprint density at radius 3 is 2.75 bits per heavy atom. The first-order valence-electron chi connectivity index (χ1n) is 6.46. The Labute approximate surface area is 118 Å². The fourth-order valence-electron chi connectivity index (χ4n) is 1.83. The molecule has 104 valence electrons. The average molecular weight is 270 g/mol. The van der Waals surface area contributed by atoms with Crippen molar-refractivity contribution >= 4 is 11.6 Å². The standard InChI is InChI=1S/C16H18N2O2/c1-12-5-2-3-8-15(12)20-11-16(19)18-14-7-4-6-13(9-14)10-17/h2-9H,10-11,17H2,1H3,(H,18,19). The zero-order valence-electron chi connectivity index (χ0n) is 11.4. The first kappa shape index (κ1) is 14.1.